The number of hydrogen-bond acceptors (Lipinski definition) is 3. The Bertz CT molecular complexity index is 179. The van der Waals surface area contributed by atoms with Gasteiger partial charge >= 0.3 is 0 Å². The molecule has 1 heterocycles. The Labute approximate surface area is 52.7 Å². The lowest BCUT2D eigenvalue weighted by Crippen LogP contribution is -2.26. The number of hydrogen-bond donors (Lipinski definition) is 1. The molecule has 3 heteroatoms. The van der Waals surface area contributed by atoms with Gasteiger partial charge in [0.15, 0.2) is 0 Å². The van der Waals surface area contributed by atoms with E-state index in [1.807, 2.05) is 0 Å². The zero-order valence-corrected chi connectivity index (χ0v) is 4.94. The summed E-state index contributed by atoms with van der Waals surface area (Å²) < 4.78 is 0. The Hall–Kier alpha value is -1.08. The van der Waals surface area contributed by atoms with Gasteiger partial charge < -0.3 is 5.32 Å². The van der Waals surface area contributed by atoms with Gasteiger partial charge in [0.05, 0.1) is 6.42 Å². The Balaban J connectivity index is 2.61. The molecule has 0 unspecified atom stereocenters. The smallest absolute Gasteiger partial charge is 0.146 e. The highest BCUT2D eigenvalue weighted by molar-refractivity contribution is 5.84. The molecule has 48 valence electrons. The number of ketones is 1. The summed E-state index contributed by atoms with van der Waals surface area (Å²) in [6, 6.07) is 0. The predicted molar refractivity (Wildman–Crippen MR) is 31.5 cm³/mol. The van der Waals surface area contributed by atoms with Gasteiger partial charge in [0.25, 0.3) is 0 Å². The minimum Gasteiger partial charge on any atom is -0.379 e. The normalized spacial score (nSPS) is 18.7. The van der Waals surface area contributed by atoms with Crippen molar-refractivity contribution in [1.29, 1.82) is 0 Å². The number of piperidine rings is 1. The second-order valence-electron chi connectivity index (χ2n) is 1.97. The fourth-order valence-corrected chi connectivity index (χ4v) is 0.773. The van der Waals surface area contributed by atoms with Crippen LogP contribution in [0.4, 0.5) is 0 Å². The summed E-state index contributed by atoms with van der Waals surface area (Å²) in [5.74, 6) is 1.79. The van der Waals surface area contributed by atoms with Crippen LogP contribution in [0.25, 0.3) is 0 Å². The summed E-state index contributed by atoms with van der Waals surface area (Å²) in [4.78, 5) is 20.5. The maximum Gasteiger partial charge on any atom is 0.146 e. The fraction of sp³-hybridized carbons (Fsp3) is 0.500. The quantitative estimate of drug-likeness (QED) is 0.450. The van der Waals surface area contributed by atoms with Crippen molar-refractivity contribution in [3.8, 4) is 0 Å². The van der Waals surface area contributed by atoms with E-state index in [0.29, 0.717) is 18.7 Å². The molecule has 1 saturated heterocycles. The van der Waals surface area contributed by atoms with Crippen LogP contribution < -0.4 is 5.32 Å². The zero-order valence-electron chi connectivity index (χ0n) is 4.94. The number of Topliss-reactive ketones (excluding diaryl/α,β-unsaturated/α-hetero) is 1. The first-order valence-corrected chi connectivity index (χ1v) is 2.82. The molecule has 0 aromatic carbocycles. The third kappa shape index (κ3) is 1.40. The van der Waals surface area contributed by atoms with E-state index < -0.39 is 0 Å². The van der Waals surface area contributed by atoms with Crippen LogP contribution in [0, 0.1) is 0 Å². The van der Waals surface area contributed by atoms with Gasteiger partial charge in [-0.25, -0.2) is 4.79 Å². The van der Waals surface area contributed by atoms with E-state index in [1.54, 1.807) is 5.94 Å². The molecule has 1 aliphatic rings. The molecule has 0 bridgehead atoms. The lowest BCUT2D eigenvalue weighted by Gasteiger charge is -2.11. The standard InChI is InChI=1S/C6H7NO2/c8-4-5-3-6(9)1-2-7-5/h7H,1-3H2. The van der Waals surface area contributed by atoms with Crippen molar-refractivity contribution in [2.24, 2.45) is 0 Å². The molecule has 0 atom stereocenters. The third-order valence-electron chi connectivity index (χ3n) is 1.24. The average molecular weight is 125 g/mol. The first kappa shape index (κ1) is 6.05. The third-order valence-corrected chi connectivity index (χ3v) is 1.24. The minimum absolute atomic E-state index is 0.118. The Kier molecular flexibility index (Phi) is 1.66. The Morgan fingerprint density at radius 2 is 2.33 bits per heavy atom. The molecule has 0 aromatic rings. The Morgan fingerprint density at radius 3 is 2.78 bits per heavy atom. The van der Waals surface area contributed by atoms with Crippen LogP contribution >= 0.6 is 0 Å². The maximum atomic E-state index is 10.6. The molecule has 0 saturated carbocycles. The number of rotatable bonds is 0. The van der Waals surface area contributed by atoms with Gasteiger partial charge in [-0.15, -0.1) is 0 Å². The summed E-state index contributed by atoms with van der Waals surface area (Å²) in [5, 5.41) is 2.77. The molecule has 0 aliphatic carbocycles. The van der Waals surface area contributed by atoms with E-state index >= 15 is 0 Å². The molecular weight excluding hydrogens is 118 g/mol. The highest BCUT2D eigenvalue weighted by Crippen LogP contribution is 2.02. The van der Waals surface area contributed by atoms with Crippen molar-refractivity contribution in [3.05, 3.63) is 5.70 Å². The van der Waals surface area contributed by atoms with E-state index in [0.717, 1.165) is 0 Å². The minimum atomic E-state index is 0.118. The highest BCUT2D eigenvalue weighted by atomic mass is 16.1. The monoisotopic (exact) mass is 125 g/mol. The van der Waals surface area contributed by atoms with E-state index in [4.69, 9.17) is 0 Å². The summed E-state index contributed by atoms with van der Waals surface area (Å²) in [6.07, 6.45) is 0.772. The van der Waals surface area contributed by atoms with Gasteiger partial charge in [0, 0.05) is 13.0 Å². The van der Waals surface area contributed by atoms with Crippen LogP contribution in [0.15, 0.2) is 5.70 Å². The van der Waals surface area contributed by atoms with E-state index in [2.05, 4.69) is 5.32 Å². The van der Waals surface area contributed by atoms with Crippen LogP contribution in [0.5, 0.6) is 0 Å². The lowest BCUT2D eigenvalue weighted by molar-refractivity contribution is -0.119. The molecule has 1 N–H and O–H groups in total. The number of allylic oxidation sites excluding steroid dienone is 1. The summed E-state index contributed by atoms with van der Waals surface area (Å²) >= 11 is 0. The van der Waals surface area contributed by atoms with Crippen LogP contribution in [0.1, 0.15) is 12.8 Å². The molecule has 0 radical (unpaired) electrons. The number of nitrogens with one attached hydrogen (secondary N) is 1. The second kappa shape index (κ2) is 2.46. The predicted octanol–water partition coefficient (Wildman–Crippen LogP) is -0.346. The maximum absolute atomic E-state index is 10.6. The highest BCUT2D eigenvalue weighted by Gasteiger charge is 2.11. The van der Waals surface area contributed by atoms with E-state index in [9.17, 15) is 9.59 Å². The zero-order chi connectivity index (χ0) is 6.69. The SMILES string of the molecule is O=C=C1CC(=O)CCN1. The molecule has 1 rings (SSSR count). The summed E-state index contributed by atoms with van der Waals surface area (Å²) in [7, 11) is 0. The van der Waals surface area contributed by atoms with Gasteiger partial charge in [-0.2, -0.15) is 0 Å². The van der Waals surface area contributed by atoms with Gasteiger partial charge in [-0.05, 0) is 0 Å². The van der Waals surface area contributed by atoms with Crippen molar-refractivity contribution in [1.82, 2.24) is 5.32 Å². The number of carbonyl (C=O) groups is 1. The van der Waals surface area contributed by atoms with Gasteiger partial charge in [-0.3, -0.25) is 4.79 Å². The van der Waals surface area contributed by atoms with Crippen molar-refractivity contribution in [2.75, 3.05) is 6.54 Å². The molecule has 0 aromatic heterocycles. The van der Waals surface area contributed by atoms with E-state index in [-0.39, 0.29) is 12.2 Å². The molecular formula is C6H7NO2. The van der Waals surface area contributed by atoms with Crippen LogP contribution in [-0.4, -0.2) is 18.3 Å². The van der Waals surface area contributed by atoms with Gasteiger partial charge in [0.2, 0.25) is 0 Å². The van der Waals surface area contributed by atoms with Crippen molar-refractivity contribution in [3.63, 3.8) is 0 Å². The molecule has 3 nitrogen and oxygen atoms in total. The van der Waals surface area contributed by atoms with Crippen molar-refractivity contribution in [2.45, 2.75) is 12.8 Å². The molecule has 1 aliphatic heterocycles. The van der Waals surface area contributed by atoms with Gasteiger partial charge in [0.1, 0.15) is 17.4 Å². The molecule has 0 amide bonds. The van der Waals surface area contributed by atoms with Gasteiger partial charge in [-0.1, -0.05) is 0 Å². The second-order valence-corrected chi connectivity index (χ2v) is 1.97. The first-order valence-electron chi connectivity index (χ1n) is 2.82. The van der Waals surface area contributed by atoms with Crippen LogP contribution in [0.3, 0.4) is 0 Å². The van der Waals surface area contributed by atoms with Crippen LogP contribution in [0.2, 0.25) is 0 Å². The van der Waals surface area contributed by atoms with Crippen LogP contribution in [-0.2, 0) is 9.59 Å². The lowest BCUT2D eigenvalue weighted by atomic mass is 10.1. The topological polar surface area (TPSA) is 46.2 Å². The van der Waals surface area contributed by atoms with Crippen molar-refractivity contribution < 1.29 is 9.59 Å². The molecule has 1 fully saturated rings. The Morgan fingerprint density at radius 1 is 1.56 bits per heavy atom. The largest absolute Gasteiger partial charge is 0.379 e. The summed E-state index contributed by atoms with van der Waals surface area (Å²) in [6.45, 7) is 0.587. The summed E-state index contributed by atoms with van der Waals surface area (Å²) in [5.41, 5.74) is 0.395. The first-order chi connectivity index (χ1) is 4.33. The van der Waals surface area contributed by atoms with Crippen molar-refractivity contribution >= 4 is 11.7 Å². The van der Waals surface area contributed by atoms with E-state index in [1.165, 1.54) is 0 Å². The molecule has 0 spiro atoms. The molecule has 9 heavy (non-hydrogen) atoms. The average Bonchev–Trinajstić information content (AvgIpc) is 1.88. The number of carbonyl (C=O) groups excluding carboxylic acids is 2. The fourth-order valence-electron chi connectivity index (χ4n) is 0.773.